The molecule has 0 aliphatic rings. The van der Waals surface area contributed by atoms with Gasteiger partial charge in [0.25, 0.3) is 0 Å². The van der Waals surface area contributed by atoms with E-state index in [1.165, 1.54) is 18.7 Å². The zero-order chi connectivity index (χ0) is 18.1. The van der Waals surface area contributed by atoms with Crippen LogP contribution in [0.2, 0.25) is 0 Å². The van der Waals surface area contributed by atoms with Crippen molar-refractivity contribution in [2.75, 3.05) is 20.2 Å². The summed E-state index contributed by atoms with van der Waals surface area (Å²) in [7, 11) is 1.57. The summed E-state index contributed by atoms with van der Waals surface area (Å²) in [5.41, 5.74) is 0.937. The Balaban J connectivity index is 2.68. The van der Waals surface area contributed by atoms with Gasteiger partial charge in [-0.05, 0) is 31.0 Å². The lowest BCUT2D eigenvalue weighted by atomic mass is 10.1. The number of ether oxygens (including phenoxy) is 1. The predicted molar refractivity (Wildman–Crippen MR) is 88.8 cm³/mol. The molecule has 0 heterocycles. The van der Waals surface area contributed by atoms with Gasteiger partial charge in [-0.2, -0.15) is 0 Å². The van der Waals surface area contributed by atoms with Crippen molar-refractivity contribution in [3.8, 4) is 5.75 Å². The highest BCUT2D eigenvalue weighted by molar-refractivity contribution is 5.83. The van der Waals surface area contributed by atoms with E-state index < -0.39 is 12.0 Å². The monoisotopic (exact) mass is 336 g/mol. The maximum Gasteiger partial charge on any atom is 0.326 e. The van der Waals surface area contributed by atoms with Crippen molar-refractivity contribution in [3.63, 3.8) is 0 Å². The van der Waals surface area contributed by atoms with Gasteiger partial charge < -0.3 is 20.1 Å². The fourth-order valence-electron chi connectivity index (χ4n) is 2.24. The molecule has 7 heteroatoms. The first-order valence-corrected chi connectivity index (χ1v) is 7.74. The number of aliphatic carboxylic acids is 1. The molecule has 2 amide bonds. The summed E-state index contributed by atoms with van der Waals surface area (Å²) in [4.78, 5) is 35.8. The molecule has 7 nitrogen and oxygen atoms in total. The number of carbonyl (C=O) groups is 3. The topological polar surface area (TPSA) is 95.9 Å². The average Bonchev–Trinajstić information content (AvgIpc) is 2.55. The molecule has 0 saturated heterocycles. The first-order valence-electron chi connectivity index (χ1n) is 7.74. The van der Waals surface area contributed by atoms with Crippen LogP contribution in [0.25, 0.3) is 0 Å². The van der Waals surface area contributed by atoms with E-state index in [0.29, 0.717) is 12.2 Å². The van der Waals surface area contributed by atoms with Crippen LogP contribution in [0.15, 0.2) is 24.3 Å². The summed E-state index contributed by atoms with van der Waals surface area (Å²) in [6.07, 6.45) is 0.671. The van der Waals surface area contributed by atoms with Gasteiger partial charge in [0.1, 0.15) is 11.8 Å². The van der Waals surface area contributed by atoms with Crippen molar-refractivity contribution < 1.29 is 24.2 Å². The number of benzene rings is 1. The number of rotatable bonds is 9. The third kappa shape index (κ3) is 6.28. The SMILES string of the molecule is COc1cccc(CCC(=O)N(CCNC(C)=O)C(C)C(=O)O)c1. The lowest BCUT2D eigenvalue weighted by Gasteiger charge is -2.26. The number of carbonyl (C=O) groups excluding carboxylic acids is 2. The standard InChI is InChI=1S/C17H24N2O5/c1-12(17(22)23)19(10-9-18-13(2)20)16(21)8-7-14-5-4-6-15(11-14)24-3/h4-6,11-12H,7-10H2,1-3H3,(H,18,20)(H,22,23). The number of nitrogens with one attached hydrogen (secondary N) is 1. The van der Waals surface area contributed by atoms with E-state index in [9.17, 15) is 14.4 Å². The number of amides is 2. The van der Waals surface area contributed by atoms with Gasteiger partial charge in [-0.25, -0.2) is 4.79 Å². The van der Waals surface area contributed by atoms with Gasteiger partial charge in [0, 0.05) is 26.4 Å². The molecule has 0 aliphatic carbocycles. The maximum absolute atomic E-state index is 12.4. The van der Waals surface area contributed by atoms with Crippen LogP contribution in [0, 0.1) is 0 Å². The number of hydrogen-bond acceptors (Lipinski definition) is 4. The molecule has 0 saturated carbocycles. The lowest BCUT2D eigenvalue weighted by molar-refractivity contribution is -0.149. The zero-order valence-electron chi connectivity index (χ0n) is 14.2. The van der Waals surface area contributed by atoms with Crippen molar-refractivity contribution in [2.24, 2.45) is 0 Å². The van der Waals surface area contributed by atoms with E-state index in [2.05, 4.69) is 5.32 Å². The highest BCUT2D eigenvalue weighted by atomic mass is 16.5. The Kier molecular flexibility index (Phi) is 7.74. The van der Waals surface area contributed by atoms with E-state index in [1.54, 1.807) is 7.11 Å². The van der Waals surface area contributed by atoms with E-state index in [1.807, 2.05) is 24.3 Å². The van der Waals surface area contributed by atoms with Crippen LogP contribution in [-0.4, -0.2) is 54.0 Å². The number of aryl methyl sites for hydroxylation is 1. The van der Waals surface area contributed by atoms with Crippen molar-refractivity contribution >= 4 is 17.8 Å². The van der Waals surface area contributed by atoms with Crippen molar-refractivity contribution in [3.05, 3.63) is 29.8 Å². The van der Waals surface area contributed by atoms with Crippen LogP contribution in [0.4, 0.5) is 0 Å². The van der Waals surface area contributed by atoms with Gasteiger partial charge in [0.15, 0.2) is 0 Å². The summed E-state index contributed by atoms with van der Waals surface area (Å²) in [6, 6.07) is 6.44. The summed E-state index contributed by atoms with van der Waals surface area (Å²) < 4.78 is 5.14. The first kappa shape index (κ1) is 19.5. The van der Waals surface area contributed by atoms with Crippen molar-refractivity contribution in [1.82, 2.24) is 10.2 Å². The normalized spacial score (nSPS) is 11.5. The van der Waals surface area contributed by atoms with Gasteiger partial charge in [0.05, 0.1) is 7.11 Å². The predicted octanol–water partition coefficient (Wildman–Crippen LogP) is 1.07. The third-order valence-corrected chi connectivity index (χ3v) is 3.63. The molecule has 2 N–H and O–H groups in total. The Morgan fingerprint density at radius 1 is 1.33 bits per heavy atom. The maximum atomic E-state index is 12.4. The summed E-state index contributed by atoms with van der Waals surface area (Å²) in [5, 5.41) is 11.7. The Hall–Kier alpha value is -2.57. The molecule has 0 fully saturated rings. The molecule has 1 aromatic carbocycles. The van der Waals surface area contributed by atoms with E-state index in [0.717, 1.165) is 5.56 Å². The number of carboxylic acid groups (broad SMARTS) is 1. The Morgan fingerprint density at radius 2 is 2.04 bits per heavy atom. The highest BCUT2D eigenvalue weighted by Crippen LogP contribution is 2.15. The second-order valence-electron chi connectivity index (χ2n) is 5.44. The van der Waals surface area contributed by atoms with Crippen LogP contribution in [-0.2, 0) is 20.8 Å². The molecule has 0 bridgehead atoms. The Morgan fingerprint density at radius 3 is 2.62 bits per heavy atom. The molecule has 0 aliphatic heterocycles. The van der Waals surface area contributed by atoms with Gasteiger partial charge in [-0.3, -0.25) is 9.59 Å². The molecular weight excluding hydrogens is 312 g/mol. The van der Waals surface area contributed by atoms with Crippen molar-refractivity contribution in [2.45, 2.75) is 32.7 Å². The minimum absolute atomic E-state index is 0.157. The number of carboxylic acids is 1. The van der Waals surface area contributed by atoms with Crippen LogP contribution >= 0.6 is 0 Å². The smallest absolute Gasteiger partial charge is 0.326 e. The van der Waals surface area contributed by atoms with Gasteiger partial charge in [-0.1, -0.05) is 12.1 Å². The quantitative estimate of drug-likeness (QED) is 0.703. The molecule has 24 heavy (non-hydrogen) atoms. The molecule has 1 aromatic rings. The zero-order valence-corrected chi connectivity index (χ0v) is 14.2. The largest absolute Gasteiger partial charge is 0.497 e. The lowest BCUT2D eigenvalue weighted by Crippen LogP contribution is -2.46. The molecule has 0 spiro atoms. The minimum atomic E-state index is -1.08. The van der Waals surface area contributed by atoms with Crippen LogP contribution in [0.5, 0.6) is 5.75 Å². The first-order chi connectivity index (χ1) is 11.3. The molecule has 0 aromatic heterocycles. The molecular formula is C17H24N2O5. The number of methoxy groups -OCH3 is 1. The Labute approximate surface area is 141 Å². The van der Waals surface area contributed by atoms with Crippen LogP contribution in [0.1, 0.15) is 25.8 Å². The Bertz CT molecular complexity index is 588. The molecule has 1 atom stereocenters. The number of nitrogens with zero attached hydrogens (tertiary/aromatic N) is 1. The highest BCUT2D eigenvalue weighted by Gasteiger charge is 2.24. The summed E-state index contributed by atoms with van der Waals surface area (Å²) >= 11 is 0. The fraction of sp³-hybridized carbons (Fsp3) is 0.471. The molecule has 1 rings (SSSR count). The summed E-state index contributed by atoms with van der Waals surface area (Å²) in [5.74, 6) is -0.853. The molecule has 0 radical (unpaired) electrons. The minimum Gasteiger partial charge on any atom is -0.497 e. The van der Waals surface area contributed by atoms with Gasteiger partial charge in [0.2, 0.25) is 11.8 Å². The number of hydrogen-bond donors (Lipinski definition) is 2. The average molecular weight is 336 g/mol. The van der Waals surface area contributed by atoms with E-state index in [4.69, 9.17) is 9.84 Å². The van der Waals surface area contributed by atoms with E-state index in [-0.39, 0.29) is 31.3 Å². The van der Waals surface area contributed by atoms with Crippen molar-refractivity contribution in [1.29, 1.82) is 0 Å². The second kappa shape index (κ2) is 9.54. The van der Waals surface area contributed by atoms with Crippen LogP contribution in [0.3, 0.4) is 0 Å². The fourth-order valence-corrected chi connectivity index (χ4v) is 2.24. The van der Waals surface area contributed by atoms with Gasteiger partial charge in [-0.15, -0.1) is 0 Å². The van der Waals surface area contributed by atoms with Crippen LogP contribution < -0.4 is 10.1 Å². The third-order valence-electron chi connectivity index (χ3n) is 3.63. The van der Waals surface area contributed by atoms with E-state index >= 15 is 0 Å². The second-order valence-corrected chi connectivity index (χ2v) is 5.44. The molecule has 1 unspecified atom stereocenters. The summed E-state index contributed by atoms with van der Waals surface area (Å²) in [6.45, 7) is 3.21. The molecule has 132 valence electrons. The van der Waals surface area contributed by atoms with Gasteiger partial charge >= 0.3 is 5.97 Å².